The molecule has 7 heteroatoms. The second-order valence-electron chi connectivity index (χ2n) is 4.17. The third-order valence-electron chi connectivity index (χ3n) is 2.64. The Labute approximate surface area is 114 Å². The number of aromatic nitrogens is 1. The van der Waals surface area contributed by atoms with Gasteiger partial charge in [-0.05, 0) is 31.2 Å². The molecule has 0 fully saturated rings. The Morgan fingerprint density at radius 3 is 2.70 bits per heavy atom. The van der Waals surface area contributed by atoms with E-state index in [1.54, 1.807) is 25.3 Å². The number of rotatable bonds is 3. The van der Waals surface area contributed by atoms with Crippen molar-refractivity contribution in [1.82, 2.24) is 4.98 Å². The number of carbonyl (C=O) groups excluding carboxylic acids is 1. The van der Waals surface area contributed by atoms with Crippen LogP contribution in [-0.2, 0) is 0 Å². The average Bonchev–Trinajstić information content (AvgIpc) is 2.38. The number of nitrogen functional groups attached to an aromatic ring is 1. The molecule has 20 heavy (non-hydrogen) atoms. The van der Waals surface area contributed by atoms with Crippen LogP contribution in [0.5, 0.6) is 0 Å². The quantitative estimate of drug-likeness (QED) is 0.505. The first-order chi connectivity index (χ1) is 9.47. The van der Waals surface area contributed by atoms with Gasteiger partial charge in [-0.2, -0.15) is 0 Å². The molecule has 0 saturated carbocycles. The monoisotopic (exact) mass is 272 g/mol. The molecule has 1 aromatic heterocycles. The normalized spacial score (nSPS) is 10.1. The van der Waals surface area contributed by atoms with Gasteiger partial charge in [0, 0.05) is 29.2 Å². The maximum Gasteiger partial charge on any atom is 0.292 e. The van der Waals surface area contributed by atoms with Crippen LogP contribution in [0.2, 0.25) is 0 Å². The molecule has 0 aliphatic rings. The van der Waals surface area contributed by atoms with E-state index in [1.165, 1.54) is 18.2 Å². The van der Waals surface area contributed by atoms with Crippen molar-refractivity contribution in [2.75, 3.05) is 11.1 Å². The number of hydrogen-bond donors (Lipinski definition) is 2. The molecule has 0 aliphatic carbocycles. The van der Waals surface area contributed by atoms with E-state index in [9.17, 15) is 14.9 Å². The van der Waals surface area contributed by atoms with Crippen LogP contribution in [-0.4, -0.2) is 15.8 Å². The van der Waals surface area contributed by atoms with Gasteiger partial charge in [-0.3, -0.25) is 19.9 Å². The number of nitro groups is 1. The standard InChI is InChI=1S/C13H12N4O3/c1-8-6-10(4-5-15-8)16-13(18)9-2-3-12(17(19)20)11(14)7-9/h2-7H,14H2,1H3,(H,15,16,18). The topological polar surface area (TPSA) is 111 Å². The third kappa shape index (κ3) is 2.89. The van der Waals surface area contributed by atoms with Crippen molar-refractivity contribution >= 4 is 23.0 Å². The molecule has 1 aromatic carbocycles. The highest BCUT2D eigenvalue weighted by Gasteiger charge is 2.14. The number of anilines is 2. The highest BCUT2D eigenvalue weighted by molar-refractivity contribution is 6.05. The maximum absolute atomic E-state index is 12.0. The molecule has 2 aromatic rings. The van der Waals surface area contributed by atoms with E-state index >= 15 is 0 Å². The number of amides is 1. The van der Waals surface area contributed by atoms with Crippen molar-refractivity contribution < 1.29 is 9.72 Å². The molecule has 1 amide bonds. The van der Waals surface area contributed by atoms with Gasteiger partial charge < -0.3 is 11.1 Å². The lowest BCUT2D eigenvalue weighted by Gasteiger charge is -2.06. The van der Waals surface area contributed by atoms with Gasteiger partial charge in [0.2, 0.25) is 0 Å². The van der Waals surface area contributed by atoms with Crippen molar-refractivity contribution in [2.24, 2.45) is 0 Å². The molecule has 1 heterocycles. The van der Waals surface area contributed by atoms with Crippen molar-refractivity contribution in [2.45, 2.75) is 6.92 Å². The summed E-state index contributed by atoms with van der Waals surface area (Å²) in [6.45, 7) is 1.81. The van der Waals surface area contributed by atoms with Crippen molar-refractivity contribution in [3.05, 3.63) is 57.9 Å². The molecule has 0 saturated heterocycles. The summed E-state index contributed by atoms with van der Waals surface area (Å²) in [6, 6.07) is 7.22. The molecule has 102 valence electrons. The molecule has 0 atom stereocenters. The van der Waals surface area contributed by atoms with Crippen molar-refractivity contribution in [3.8, 4) is 0 Å². The van der Waals surface area contributed by atoms with Gasteiger partial charge in [0.1, 0.15) is 5.69 Å². The Bertz CT molecular complexity index is 685. The molecular formula is C13H12N4O3. The minimum atomic E-state index is -0.594. The number of nitro benzene ring substituents is 1. The molecule has 7 nitrogen and oxygen atoms in total. The fourth-order valence-electron chi connectivity index (χ4n) is 1.69. The molecular weight excluding hydrogens is 260 g/mol. The minimum absolute atomic E-state index is 0.0476. The summed E-state index contributed by atoms with van der Waals surface area (Å²) in [4.78, 5) is 26.1. The van der Waals surface area contributed by atoms with Gasteiger partial charge >= 0.3 is 0 Å². The zero-order valence-corrected chi connectivity index (χ0v) is 10.7. The number of benzene rings is 1. The summed E-state index contributed by atoms with van der Waals surface area (Å²) < 4.78 is 0. The lowest BCUT2D eigenvalue weighted by atomic mass is 10.1. The smallest absolute Gasteiger partial charge is 0.292 e. The summed E-state index contributed by atoms with van der Waals surface area (Å²) in [7, 11) is 0. The number of nitrogens with one attached hydrogen (secondary N) is 1. The highest BCUT2D eigenvalue weighted by atomic mass is 16.6. The lowest BCUT2D eigenvalue weighted by molar-refractivity contribution is -0.383. The van der Waals surface area contributed by atoms with Crippen LogP contribution in [0.4, 0.5) is 17.1 Å². The van der Waals surface area contributed by atoms with Crippen LogP contribution in [0.25, 0.3) is 0 Å². The van der Waals surface area contributed by atoms with E-state index in [0.717, 1.165) is 5.69 Å². The van der Waals surface area contributed by atoms with Crippen LogP contribution >= 0.6 is 0 Å². The summed E-state index contributed by atoms with van der Waals surface area (Å²) in [5.41, 5.74) is 6.90. The fraction of sp³-hybridized carbons (Fsp3) is 0.0769. The van der Waals surface area contributed by atoms with Crippen molar-refractivity contribution in [1.29, 1.82) is 0 Å². The van der Waals surface area contributed by atoms with E-state index < -0.39 is 10.8 Å². The van der Waals surface area contributed by atoms with Crippen LogP contribution in [0.3, 0.4) is 0 Å². The molecule has 0 aliphatic heterocycles. The Balaban J connectivity index is 2.22. The first-order valence-corrected chi connectivity index (χ1v) is 5.75. The summed E-state index contributed by atoms with van der Waals surface area (Å²) >= 11 is 0. The lowest BCUT2D eigenvalue weighted by Crippen LogP contribution is -2.12. The Kier molecular flexibility index (Phi) is 3.60. The molecule has 3 N–H and O–H groups in total. The second kappa shape index (κ2) is 5.35. The van der Waals surface area contributed by atoms with Gasteiger partial charge in [-0.15, -0.1) is 0 Å². The first kappa shape index (κ1) is 13.5. The predicted octanol–water partition coefficient (Wildman–Crippen LogP) is 2.13. The molecule has 0 radical (unpaired) electrons. The van der Waals surface area contributed by atoms with E-state index in [1.807, 2.05) is 0 Å². The Morgan fingerprint density at radius 2 is 2.10 bits per heavy atom. The van der Waals surface area contributed by atoms with Crippen LogP contribution in [0.15, 0.2) is 36.5 Å². The largest absolute Gasteiger partial charge is 0.393 e. The zero-order valence-electron chi connectivity index (χ0n) is 10.7. The maximum atomic E-state index is 12.0. The van der Waals surface area contributed by atoms with Gasteiger partial charge in [0.15, 0.2) is 0 Å². The van der Waals surface area contributed by atoms with Gasteiger partial charge in [-0.1, -0.05) is 0 Å². The van der Waals surface area contributed by atoms with Crippen LogP contribution in [0, 0.1) is 17.0 Å². The SMILES string of the molecule is Cc1cc(NC(=O)c2ccc([N+](=O)[O-])c(N)c2)ccn1. The van der Waals surface area contributed by atoms with Gasteiger partial charge in [0.05, 0.1) is 4.92 Å². The third-order valence-corrected chi connectivity index (χ3v) is 2.64. The first-order valence-electron chi connectivity index (χ1n) is 5.75. The van der Waals surface area contributed by atoms with Gasteiger partial charge in [0.25, 0.3) is 11.6 Å². The molecule has 0 bridgehead atoms. The minimum Gasteiger partial charge on any atom is -0.393 e. The average molecular weight is 272 g/mol. The predicted molar refractivity (Wildman–Crippen MR) is 74.4 cm³/mol. The number of carbonyl (C=O) groups is 1. The highest BCUT2D eigenvalue weighted by Crippen LogP contribution is 2.22. The number of nitrogens with zero attached hydrogens (tertiary/aromatic N) is 2. The fourth-order valence-corrected chi connectivity index (χ4v) is 1.69. The number of aryl methyl sites for hydroxylation is 1. The van der Waals surface area contributed by atoms with Gasteiger partial charge in [-0.25, -0.2) is 0 Å². The van der Waals surface area contributed by atoms with Crippen molar-refractivity contribution in [3.63, 3.8) is 0 Å². The number of hydrogen-bond acceptors (Lipinski definition) is 5. The number of nitrogens with two attached hydrogens (primary N) is 1. The Morgan fingerprint density at radius 1 is 1.35 bits per heavy atom. The molecule has 2 rings (SSSR count). The zero-order chi connectivity index (χ0) is 14.7. The van der Waals surface area contributed by atoms with E-state index in [4.69, 9.17) is 5.73 Å². The Hall–Kier alpha value is -2.96. The summed E-state index contributed by atoms with van der Waals surface area (Å²) in [5.74, 6) is -0.391. The van der Waals surface area contributed by atoms with E-state index in [-0.39, 0.29) is 16.9 Å². The second-order valence-corrected chi connectivity index (χ2v) is 4.17. The molecule has 0 spiro atoms. The van der Waals surface area contributed by atoms with E-state index in [0.29, 0.717) is 5.69 Å². The summed E-state index contributed by atoms with van der Waals surface area (Å²) in [6.07, 6.45) is 1.58. The molecule has 0 unspecified atom stereocenters. The van der Waals surface area contributed by atoms with Crippen LogP contribution < -0.4 is 11.1 Å². The number of pyridine rings is 1. The summed E-state index contributed by atoms with van der Waals surface area (Å²) in [5, 5.41) is 13.3. The van der Waals surface area contributed by atoms with E-state index in [2.05, 4.69) is 10.3 Å². The van der Waals surface area contributed by atoms with Crippen LogP contribution in [0.1, 0.15) is 16.1 Å².